The zero-order valence-corrected chi connectivity index (χ0v) is 12.5. The first kappa shape index (κ1) is 15.2. The summed E-state index contributed by atoms with van der Waals surface area (Å²) in [5.41, 5.74) is 1.71. The van der Waals surface area contributed by atoms with Gasteiger partial charge in [-0.15, -0.1) is 0 Å². The van der Waals surface area contributed by atoms with Gasteiger partial charge in [-0.3, -0.25) is 0 Å². The van der Waals surface area contributed by atoms with Crippen LogP contribution in [-0.2, 0) is 0 Å². The Bertz CT molecular complexity index is 595. The smallest absolute Gasteiger partial charge is 0.128 e. The Kier molecular flexibility index (Phi) is 5.06. The van der Waals surface area contributed by atoms with Crippen LogP contribution in [0.5, 0.6) is 17.2 Å². The van der Waals surface area contributed by atoms with Crippen molar-refractivity contribution in [1.29, 1.82) is 0 Å². The SMILES string of the molecule is COc1ccc(C(O)COc2ccccc2C)c(OC)c1. The van der Waals surface area contributed by atoms with Crippen LogP contribution in [0.1, 0.15) is 17.2 Å². The van der Waals surface area contributed by atoms with Gasteiger partial charge in [0, 0.05) is 11.6 Å². The molecule has 2 aromatic carbocycles. The van der Waals surface area contributed by atoms with Crippen molar-refractivity contribution < 1.29 is 19.3 Å². The molecule has 0 spiro atoms. The molecule has 0 heterocycles. The molecule has 0 aliphatic carbocycles. The first-order valence-corrected chi connectivity index (χ1v) is 6.74. The fraction of sp³-hybridized carbons (Fsp3) is 0.294. The highest BCUT2D eigenvalue weighted by molar-refractivity contribution is 5.42. The van der Waals surface area contributed by atoms with Crippen LogP contribution in [0.4, 0.5) is 0 Å². The van der Waals surface area contributed by atoms with E-state index in [1.807, 2.05) is 31.2 Å². The van der Waals surface area contributed by atoms with Crippen molar-refractivity contribution in [2.45, 2.75) is 13.0 Å². The number of methoxy groups -OCH3 is 2. The van der Waals surface area contributed by atoms with Crippen molar-refractivity contribution in [3.8, 4) is 17.2 Å². The molecule has 1 unspecified atom stereocenters. The summed E-state index contributed by atoms with van der Waals surface area (Å²) < 4.78 is 16.1. The first-order chi connectivity index (χ1) is 10.2. The van der Waals surface area contributed by atoms with Gasteiger partial charge in [0.2, 0.25) is 0 Å². The Morgan fingerprint density at radius 3 is 2.43 bits per heavy atom. The number of aliphatic hydroxyl groups is 1. The van der Waals surface area contributed by atoms with Gasteiger partial charge in [-0.05, 0) is 30.7 Å². The van der Waals surface area contributed by atoms with Crippen LogP contribution in [0.2, 0.25) is 0 Å². The van der Waals surface area contributed by atoms with E-state index in [2.05, 4.69) is 0 Å². The van der Waals surface area contributed by atoms with Gasteiger partial charge in [0.1, 0.15) is 30.0 Å². The monoisotopic (exact) mass is 288 g/mol. The maximum Gasteiger partial charge on any atom is 0.128 e. The van der Waals surface area contributed by atoms with Crippen molar-refractivity contribution >= 4 is 0 Å². The Hall–Kier alpha value is -2.20. The highest BCUT2D eigenvalue weighted by Gasteiger charge is 2.15. The third kappa shape index (κ3) is 3.67. The molecule has 0 amide bonds. The largest absolute Gasteiger partial charge is 0.497 e. The fourth-order valence-corrected chi connectivity index (χ4v) is 2.07. The third-order valence-corrected chi connectivity index (χ3v) is 3.29. The van der Waals surface area contributed by atoms with Crippen LogP contribution < -0.4 is 14.2 Å². The summed E-state index contributed by atoms with van der Waals surface area (Å²) in [4.78, 5) is 0. The normalized spacial score (nSPS) is 11.8. The molecule has 1 atom stereocenters. The summed E-state index contributed by atoms with van der Waals surface area (Å²) in [6.45, 7) is 2.13. The zero-order valence-electron chi connectivity index (χ0n) is 12.5. The van der Waals surface area contributed by atoms with E-state index in [0.29, 0.717) is 17.1 Å². The average Bonchev–Trinajstić information content (AvgIpc) is 2.53. The molecule has 0 saturated heterocycles. The van der Waals surface area contributed by atoms with Gasteiger partial charge in [0.15, 0.2) is 0 Å². The minimum absolute atomic E-state index is 0.160. The van der Waals surface area contributed by atoms with Gasteiger partial charge >= 0.3 is 0 Å². The molecule has 112 valence electrons. The quantitative estimate of drug-likeness (QED) is 0.887. The average molecular weight is 288 g/mol. The summed E-state index contributed by atoms with van der Waals surface area (Å²) >= 11 is 0. The number of ether oxygens (including phenoxy) is 3. The van der Waals surface area contributed by atoms with E-state index in [1.54, 1.807) is 32.4 Å². The molecule has 0 fully saturated rings. The van der Waals surface area contributed by atoms with Crippen LogP contribution in [-0.4, -0.2) is 25.9 Å². The molecule has 4 nitrogen and oxygen atoms in total. The lowest BCUT2D eigenvalue weighted by Crippen LogP contribution is -2.11. The van der Waals surface area contributed by atoms with Gasteiger partial charge < -0.3 is 19.3 Å². The second-order valence-corrected chi connectivity index (χ2v) is 4.70. The standard InChI is InChI=1S/C17H20O4/c1-12-6-4-5-7-16(12)21-11-15(18)14-9-8-13(19-2)10-17(14)20-3/h4-10,15,18H,11H2,1-3H3. The molecule has 1 N–H and O–H groups in total. The topological polar surface area (TPSA) is 47.9 Å². The molecule has 2 aromatic rings. The predicted molar refractivity (Wildman–Crippen MR) is 81.2 cm³/mol. The van der Waals surface area contributed by atoms with E-state index in [4.69, 9.17) is 14.2 Å². The van der Waals surface area contributed by atoms with Crippen LogP contribution in [0.15, 0.2) is 42.5 Å². The number of hydrogen-bond acceptors (Lipinski definition) is 4. The molecule has 0 aliphatic rings. The Morgan fingerprint density at radius 2 is 1.76 bits per heavy atom. The van der Waals surface area contributed by atoms with Gasteiger partial charge in [0.05, 0.1) is 14.2 Å². The van der Waals surface area contributed by atoms with Crippen LogP contribution in [0.25, 0.3) is 0 Å². The second-order valence-electron chi connectivity index (χ2n) is 4.70. The van der Waals surface area contributed by atoms with E-state index in [0.717, 1.165) is 11.3 Å². The predicted octanol–water partition coefficient (Wildman–Crippen LogP) is 3.12. The van der Waals surface area contributed by atoms with E-state index in [9.17, 15) is 5.11 Å². The van der Waals surface area contributed by atoms with Crippen LogP contribution >= 0.6 is 0 Å². The molecular weight excluding hydrogens is 268 g/mol. The Balaban J connectivity index is 2.10. The summed E-state index contributed by atoms with van der Waals surface area (Å²) in [5, 5.41) is 10.3. The summed E-state index contributed by atoms with van der Waals surface area (Å²) in [5.74, 6) is 2.03. The van der Waals surface area contributed by atoms with Crippen LogP contribution in [0.3, 0.4) is 0 Å². The van der Waals surface area contributed by atoms with Crippen molar-refractivity contribution in [2.75, 3.05) is 20.8 Å². The third-order valence-electron chi connectivity index (χ3n) is 3.29. The molecule has 0 radical (unpaired) electrons. The number of para-hydroxylation sites is 1. The lowest BCUT2D eigenvalue weighted by Gasteiger charge is -2.17. The molecule has 0 aromatic heterocycles. The number of hydrogen-bond donors (Lipinski definition) is 1. The van der Waals surface area contributed by atoms with E-state index in [1.165, 1.54) is 0 Å². The number of aliphatic hydroxyl groups excluding tert-OH is 1. The summed E-state index contributed by atoms with van der Waals surface area (Å²) in [7, 11) is 3.15. The van der Waals surface area contributed by atoms with Gasteiger partial charge in [-0.2, -0.15) is 0 Å². The molecule has 4 heteroatoms. The van der Waals surface area contributed by atoms with Crippen molar-refractivity contribution in [2.24, 2.45) is 0 Å². The maximum atomic E-state index is 10.3. The first-order valence-electron chi connectivity index (χ1n) is 6.74. The lowest BCUT2D eigenvalue weighted by atomic mass is 10.1. The van der Waals surface area contributed by atoms with Crippen LogP contribution in [0, 0.1) is 6.92 Å². The molecule has 0 bridgehead atoms. The second kappa shape index (κ2) is 6.99. The fourth-order valence-electron chi connectivity index (χ4n) is 2.07. The van der Waals surface area contributed by atoms with Gasteiger partial charge in [-0.1, -0.05) is 18.2 Å². The van der Waals surface area contributed by atoms with Crippen molar-refractivity contribution in [1.82, 2.24) is 0 Å². The minimum Gasteiger partial charge on any atom is -0.497 e. The number of aryl methyl sites for hydroxylation is 1. The molecule has 2 rings (SSSR count). The highest BCUT2D eigenvalue weighted by Crippen LogP contribution is 2.30. The minimum atomic E-state index is -0.773. The molecule has 21 heavy (non-hydrogen) atoms. The molecule has 0 saturated carbocycles. The number of benzene rings is 2. The highest BCUT2D eigenvalue weighted by atomic mass is 16.5. The summed E-state index contributed by atoms with van der Waals surface area (Å²) in [6, 6.07) is 13.0. The lowest BCUT2D eigenvalue weighted by molar-refractivity contribution is 0.105. The van der Waals surface area contributed by atoms with Crippen molar-refractivity contribution in [3.05, 3.63) is 53.6 Å². The van der Waals surface area contributed by atoms with E-state index in [-0.39, 0.29) is 6.61 Å². The zero-order chi connectivity index (χ0) is 15.2. The Morgan fingerprint density at radius 1 is 1.00 bits per heavy atom. The van der Waals surface area contributed by atoms with Gasteiger partial charge in [-0.25, -0.2) is 0 Å². The van der Waals surface area contributed by atoms with E-state index < -0.39 is 6.10 Å². The molecule has 0 aliphatic heterocycles. The molecular formula is C17H20O4. The van der Waals surface area contributed by atoms with Crippen molar-refractivity contribution in [3.63, 3.8) is 0 Å². The summed E-state index contributed by atoms with van der Waals surface area (Å²) in [6.07, 6.45) is -0.773. The maximum absolute atomic E-state index is 10.3. The van der Waals surface area contributed by atoms with E-state index >= 15 is 0 Å². The Labute approximate surface area is 124 Å². The number of rotatable bonds is 6. The van der Waals surface area contributed by atoms with Gasteiger partial charge in [0.25, 0.3) is 0 Å².